The van der Waals surface area contributed by atoms with Gasteiger partial charge in [0.25, 0.3) is 5.91 Å². The number of halogens is 1. The molecule has 0 spiro atoms. The SMILES string of the molecule is Cc1cc(-c2ccc(C=O)c(F)c2)cc2c1OCC(=O)N2. The molecule has 1 N–H and O–H groups in total. The molecular formula is C16H12FNO3. The maximum Gasteiger partial charge on any atom is 0.262 e. The van der Waals surface area contributed by atoms with Crippen LogP contribution in [0.1, 0.15) is 15.9 Å². The van der Waals surface area contributed by atoms with Gasteiger partial charge in [0.2, 0.25) is 0 Å². The molecule has 0 unspecified atom stereocenters. The van der Waals surface area contributed by atoms with Crippen molar-refractivity contribution in [1.29, 1.82) is 0 Å². The second-order valence-electron chi connectivity index (χ2n) is 4.86. The molecule has 0 aliphatic carbocycles. The van der Waals surface area contributed by atoms with Crippen molar-refractivity contribution in [2.24, 2.45) is 0 Å². The molecule has 0 bridgehead atoms. The first-order chi connectivity index (χ1) is 10.1. The van der Waals surface area contributed by atoms with Crippen LogP contribution in [0.15, 0.2) is 30.3 Å². The quantitative estimate of drug-likeness (QED) is 0.863. The molecule has 106 valence electrons. The van der Waals surface area contributed by atoms with Crippen LogP contribution < -0.4 is 10.1 Å². The normalized spacial score (nSPS) is 13.1. The van der Waals surface area contributed by atoms with E-state index >= 15 is 0 Å². The number of amides is 1. The summed E-state index contributed by atoms with van der Waals surface area (Å²) in [6.45, 7) is 1.85. The highest BCUT2D eigenvalue weighted by molar-refractivity contribution is 5.96. The first-order valence-corrected chi connectivity index (χ1v) is 6.41. The summed E-state index contributed by atoms with van der Waals surface area (Å²) in [6, 6.07) is 7.98. The summed E-state index contributed by atoms with van der Waals surface area (Å²) in [5.74, 6) is -0.164. The van der Waals surface area contributed by atoms with Crippen molar-refractivity contribution in [2.75, 3.05) is 11.9 Å². The fraction of sp³-hybridized carbons (Fsp3) is 0.125. The number of hydrogen-bond donors (Lipinski definition) is 1. The number of ether oxygens (including phenoxy) is 1. The van der Waals surface area contributed by atoms with Gasteiger partial charge in [0, 0.05) is 0 Å². The number of rotatable bonds is 2. The van der Waals surface area contributed by atoms with Crippen LogP contribution in [0.3, 0.4) is 0 Å². The molecule has 3 rings (SSSR count). The molecule has 0 aromatic heterocycles. The Kier molecular flexibility index (Phi) is 3.17. The molecule has 1 aliphatic heterocycles. The van der Waals surface area contributed by atoms with E-state index in [2.05, 4.69) is 5.32 Å². The summed E-state index contributed by atoms with van der Waals surface area (Å²) < 4.78 is 19.1. The molecule has 0 fully saturated rings. The summed E-state index contributed by atoms with van der Waals surface area (Å²) >= 11 is 0. The van der Waals surface area contributed by atoms with Crippen LogP contribution in [0.5, 0.6) is 5.75 Å². The molecule has 0 radical (unpaired) electrons. The second-order valence-corrected chi connectivity index (χ2v) is 4.86. The van der Waals surface area contributed by atoms with Crippen molar-refractivity contribution in [1.82, 2.24) is 0 Å². The zero-order valence-electron chi connectivity index (χ0n) is 11.3. The predicted molar refractivity (Wildman–Crippen MR) is 76.1 cm³/mol. The van der Waals surface area contributed by atoms with E-state index in [0.717, 1.165) is 11.1 Å². The monoisotopic (exact) mass is 285 g/mol. The third-order valence-corrected chi connectivity index (χ3v) is 3.36. The number of carbonyl (C=O) groups excluding carboxylic acids is 2. The summed E-state index contributed by atoms with van der Waals surface area (Å²) in [5.41, 5.74) is 2.81. The first kappa shape index (κ1) is 13.3. The highest BCUT2D eigenvalue weighted by atomic mass is 19.1. The van der Waals surface area contributed by atoms with Gasteiger partial charge < -0.3 is 10.1 Å². The molecule has 1 heterocycles. The lowest BCUT2D eigenvalue weighted by Gasteiger charge is -2.21. The van der Waals surface area contributed by atoms with Crippen LogP contribution in [0.2, 0.25) is 0 Å². The fourth-order valence-corrected chi connectivity index (χ4v) is 2.35. The van der Waals surface area contributed by atoms with Gasteiger partial charge in [0.05, 0.1) is 11.3 Å². The lowest BCUT2D eigenvalue weighted by atomic mass is 10.00. The average Bonchev–Trinajstić information content (AvgIpc) is 2.46. The molecule has 0 saturated carbocycles. The minimum absolute atomic E-state index is 0.00412. The van der Waals surface area contributed by atoms with Crippen LogP contribution in [0.25, 0.3) is 11.1 Å². The standard InChI is InChI=1S/C16H12FNO3/c1-9-4-12(6-14-16(9)21-8-15(20)18-14)10-2-3-11(7-19)13(17)5-10/h2-7H,8H2,1H3,(H,18,20). The van der Waals surface area contributed by atoms with Crippen LogP contribution in [0.4, 0.5) is 10.1 Å². The van der Waals surface area contributed by atoms with Crippen LogP contribution >= 0.6 is 0 Å². The van der Waals surface area contributed by atoms with E-state index in [9.17, 15) is 14.0 Å². The number of benzene rings is 2. The van der Waals surface area contributed by atoms with Gasteiger partial charge in [-0.3, -0.25) is 9.59 Å². The van der Waals surface area contributed by atoms with Gasteiger partial charge in [-0.1, -0.05) is 6.07 Å². The van der Waals surface area contributed by atoms with Gasteiger partial charge in [-0.2, -0.15) is 0 Å². The zero-order chi connectivity index (χ0) is 15.0. The highest BCUT2D eigenvalue weighted by Crippen LogP contribution is 2.36. The Balaban J connectivity index is 2.09. The number of fused-ring (bicyclic) bond motifs is 1. The van der Waals surface area contributed by atoms with Crippen molar-refractivity contribution in [3.63, 3.8) is 0 Å². The Labute approximate surface area is 120 Å². The largest absolute Gasteiger partial charge is 0.481 e. The van der Waals surface area contributed by atoms with E-state index in [4.69, 9.17) is 4.74 Å². The van der Waals surface area contributed by atoms with Gasteiger partial charge >= 0.3 is 0 Å². The number of carbonyl (C=O) groups is 2. The lowest BCUT2D eigenvalue weighted by Crippen LogP contribution is -2.25. The first-order valence-electron chi connectivity index (χ1n) is 6.41. The van der Waals surface area contributed by atoms with Crippen molar-refractivity contribution in [3.8, 4) is 16.9 Å². The fourth-order valence-electron chi connectivity index (χ4n) is 2.35. The molecule has 2 aromatic rings. The molecule has 4 nitrogen and oxygen atoms in total. The Bertz CT molecular complexity index is 755. The summed E-state index contributed by atoms with van der Waals surface area (Å²) in [5, 5.41) is 2.73. The molecule has 5 heteroatoms. The van der Waals surface area contributed by atoms with E-state index in [0.29, 0.717) is 23.3 Å². The molecule has 1 amide bonds. The molecule has 0 atom stereocenters. The maximum absolute atomic E-state index is 13.7. The van der Waals surface area contributed by atoms with Crippen molar-refractivity contribution >= 4 is 17.9 Å². The Morgan fingerprint density at radius 2 is 2.05 bits per heavy atom. The minimum Gasteiger partial charge on any atom is -0.481 e. The Morgan fingerprint density at radius 3 is 2.76 bits per heavy atom. The molecule has 2 aromatic carbocycles. The van der Waals surface area contributed by atoms with E-state index in [1.165, 1.54) is 12.1 Å². The number of aldehydes is 1. The Hall–Kier alpha value is -2.69. The van der Waals surface area contributed by atoms with Crippen molar-refractivity contribution in [2.45, 2.75) is 6.92 Å². The molecule has 0 saturated heterocycles. The summed E-state index contributed by atoms with van der Waals surface area (Å²) in [6.07, 6.45) is 0.477. The van der Waals surface area contributed by atoms with Crippen LogP contribution in [0, 0.1) is 12.7 Å². The van der Waals surface area contributed by atoms with E-state index in [1.807, 2.05) is 13.0 Å². The van der Waals surface area contributed by atoms with Crippen molar-refractivity contribution in [3.05, 3.63) is 47.3 Å². The van der Waals surface area contributed by atoms with E-state index in [-0.39, 0.29) is 18.1 Å². The van der Waals surface area contributed by atoms with Gasteiger partial charge in [0.15, 0.2) is 12.9 Å². The number of nitrogens with one attached hydrogen (secondary N) is 1. The molecular weight excluding hydrogens is 273 g/mol. The molecule has 1 aliphatic rings. The third kappa shape index (κ3) is 2.38. The van der Waals surface area contributed by atoms with E-state index < -0.39 is 5.82 Å². The third-order valence-electron chi connectivity index (χ3n) is 3.36. The summed E-state index contributed by atoms with van der Waals surface area (Å²) in [7, 11) is 0. The lowest BCUT2D eigenvalue weighted by molar-refractivity contribution is -0.118. The van der Waals surface area contributed by atoms with Gasteiger partial charge in [-0.25, -0.2) is 4.39 Å². The number of hydrogen-bond acceptors (Lipinski definition) is 3. The summed E-state index contributed by atoms with van der Waals surface area (Å²) in [4.78, 5) is 22.0. The smallest absolute Gasteiger partial charge is 0.262 e. The number of anilines is 1. The van der Waals surface area contributed by atoms with Crippen LogP contribution in [-0.2, 0) is 4.79 Å². The van der Waals surface area contributed by atoms with Gasteiger partial charge in [-0.05, 0) is 47.9 Å². The second kappa shape index (κ2) is 5.01. The van der Waals surface area contributed by atoms with Crippen LogP contribution in [-0.4, -0.2) is 18.8 Å². The van der Waals surface area contributed by atoms with E-state index in [1.54, 1.807) is 12.1 Å². The minimum atomic E-state index is -0.571. The highest BCUT2D eigenvalue weighted by Gasteiger charge is 2.19. The van der Waals surface area contributed by atoms with Crippen molar-refractivity contribution < 1.29 is 18.7 Å². The maximum atomic E-state index is 13.7. The topological polar surface area (TPSA) is 55.4 Å². The predicted octanol–water partition coefficient (Wildman–Crippen LogP) is 2.94. The van der Waals surface area contributed by atoms with Gasteiger partial charge in [-0.15, -0.1) is 0 Å². The van der Waals surface area contributed by atoms with Gasteiger partial charge in [0.1, 0.15) is 11.6 Å². The zero-order valence-corrected chi connectivity index (χ0v) is 11.3. The average molecular weight is 285 g/mol. The molecule has 21 heavy (non-hydrogen) atoms. The Morgan fingerprint density at radius 1 is 1.24 bits per heavy atom. The number of aryl methyl sites for hydroxylation is 1.